The Kier molecular flexibility index (Phi) is 4.84. The zero-order chi connectivity index (χ0) is 15.2. The first-order valence-corrected chi connectivity index (χ1v) is 6.52. The number of thiocarbonyl (C=S) groups is 1. The summed E-state index contributed by atoms with van der Waals surface area (Å²) >= 11 is 5.05. The van der Waals surface area contributed by atoms with Crippen molar-refractivity contribution in [2.24, 2.45) is 0 Å². The molecular weight excluding hydrogens is 291 g/mol. The van der Waals surface area contributed by atoms with Crippen LogP contribution >= 0.6 is 12.2 Å². The lowest BCUT2D eigenvalue weighted by molar-refractivity contribution is 0.0975. The Morgan fingerprint density at radius 2 is 1.81 bits per heavy atom. The van der Waals surface area contributed by atoms with E-state index in [9.17, 15) is 9.18 Å². The molecule has 0 radical (unpaired) electrons. The van der Waals surface area contributed by atoms with Crippen molar-refractivity contribution in [3.8, 4) is 5.75 Å². The third-order valence-corrected chi connectivity index (χ3v) is 2.88. The van der Waals surface area contributed by atoms with E-state index in [-0.39, 0.29) is 16.8 Å². The van der Waals surface area contributed by atoms with Crippen LogP contribution in [-0.2, 0) is 0 Å². The van der Waals surface area contributed by atoms with Gasteiger partial charge in [0.2, 0.25) is 0 Å². The molecule has 0 saturated carbocycles. The molecule has 1 amide bonds. The SMILES string of the molecule is COc1ccccc1C(=O)NC(=S)Nc1ccc(F)cc1. The summed E-state index contributed by atoms with van der Waals surface area (Å²) in [4.78, 5) is 12.1. The molecule has 0 fully saturated rings. The normalized spacial score (nSPS) is 9.81. The standard InChI is InChI=1S/C15H13FN2O2S/c1-20-13-5-3-2-4-12(13)14(19)18-15(21)17-11-8-6-10(16)7-9-11/h2-9H,1H3,(H2,17,18,19,21). The molecule has 21 heavy (non-hydrogen) atoms. The van der Waals surface area contributed by atoms with Gasteiger partial charge in [0.1, 0.15) is 11.6 Å². The number of ether oxygens (including phenoxy) is 1. The molecule has 0 unspecified atom stereocenters. The van der Waals surface area contributed by atoms with Gasteiger partial charge in [-0.1, -0.05) is 12.1 Å². The quantitative estimate of drug-likeness (QED) is 0.856. The van der Waals surface area contributed by atoms with E-state index in [1.807, 2.05) is 0 Å². The van der Waals surface area contributed by atoms with Crippen LogP contribution in [0, 0.1) is 5.82 Å². The maximum Gasteiger partial charge on any atom is 0.261 e. The number of amides is 1. The fourth-order valence-electron chi connectivity index (χ4n) is 1.70. The average molecular weight is 304 g/mol. The first kappa shape index (κ1) is 14.9. The Morgan fingerprint density at radius 1 is 1.14 bits per heavy atom. The maximum absolute atomic E-state index is 12.8. The summed E-state index contributed by atoms with van der Waals surface area (Å²) < 4.78 is 17.9. The third kappa shape index (κ3) is 4.00. The predicted octanol–water partition coefficient (Wildman–Crippen LogP) is 2.96. The Morgan fingerprint density at radius 3 is 2.48 bits per heavy atom. The number of anilines is 1. The van der Waals surface area contributed by atoms with Crippen LogP contribution in [0.15, 0.2) is 48.5 Å². The van der Waals surface area contributed by atoms with Gasteiger partial charge in [-0.15, -0.1) is 0 Å². The fourth-order valence-corrected chi connectivity index (χ4v) is 1.91. The van der Waals surface area contributed by atoms with Crippen LogP contribution < -0.4 is 15.4 Å². The molecule has 0 spiro atoms. The monoisotopic (exact) mass is 304 g/mol. The van der Waals surface area contributed by atoms with Crippen LogP contribution in [0.3, 0.4) is 0 Å². The Hall–Kier alpha value is -2.47. The maximum atomic E-state index is 12.8. The molecule has 2 N–H and O–H groups in total. The second-order valence-electron chi connectivity index (χ2n) is 4.12. The molecule has 4 nitrogen and oxygen atoms in total. The largest absolute Gasteiger partial charge is 0.496 e. The summed E-state index contributed by atoms with van der Waals surface area (Å²) in [5.74, 6) is -0.267. The average Bonchev–Trinajstić information content (AvgIpc) is 2.49. The van der Waals surface area contributed by atoms with Gasteiger partial charge < -0.3 is 10.1 Å². The summed E-state index contributed by atoms with van der Waals surface area (Å²) in [5.41, 5.74) is 0.963. The van der Waals surface area contributed by atoms with Crippen molar-refractivity contribution in [1.29, 1.82) is 0 Å². The lowest BCUT2D eigenvalue weighted by atomic mass is 10.2. The smallest absolute Gasteiger partial charge is 0.261 e. The summed E-state index contributed by atoms with van der Waals surface area (Å²) in [6, 6.07) is 12.5. The molecule has 2 aromatic carbocycles. The number of carbonyl (C=O) groups is 1. The summed E-state index contributed by atoms with van der Waals surface area (Å²) in [6.45, 7) is 0. The van der Waals surface area contributed by atoms with Crippen LogP contribution in [0.4, 0.5) is 10.1 Å². The van der Waals surface area contributed by atoms with Gasteiger partial charge in [-0.3, -0.25) is 10.1 Å². The predicted molar refractivity (Wildman–Crippen MR) is 83.1 cm³/mol. The second kappa shape index (κ2) is 6.81. The number of methoxy groups -OCH3 is 1. The van der Waals surface area contributed by atoms with Crippen molar-refractivity contribution in [2.75, 3.05) is 12.4 Å². The molecule has 6 heteroatoms. The molecule has 0 aromatic heterocycles. The number of carbonyl (C=O) groups excluding carboxylic acids is 1. The van der Waals surface area contributed by atoms with Gasteiger partial charge in [-0.2, -0.15) is 0 Å². The van der Waals surface area contributed by atoms with Gasteiger partial charge in [0, 0.05) is 5.69 Å². The number of hydrogen-bond donors (Lipinski definition) is 2. The van der Waals surface area contributed by atoms with Crippen LogP contribution in [0.25, 0.3) is 0 Å². The molecule has 0 bridgehead atoms. The first-order valence-electron chi connectivity index (χ1n) is 6.11. The van der Waals surface area contributed by atoms with Crippen LogP contribution in [-0.4, -0.2) is 18.1 Å². The van der Waals surface area contributed by atoms with Crippen molar-refractivity contribution < 1.29 is 13.9 Å². The van der Waals surface area contributed by atoms with E-state index in [4.69, 9.17) is 17.0 Å². The van der Waals surface area contributed by atoms with Crippen LogP contribution in [0.5, 0.6) is 5.75 Å². The van der Waals surface area contributed by atoms with E-state index < -0.39 is 0 Å². The van der Waals surface area contributed by atoms with E-state index in [0.29, 0.717) is 17.0 Å². The fraction of sp³-hybridized carbons (Fsp3) is 0.0667. The molecule has 0 atom stereocenters. The van der Waals surface area contributed by atoms with Crippen molar-refractivity contribution in [2.45, 2.75) is 0 Å². The van der Waals surface area contributed by atoms with Gasteiger partial charge in [-0.05, 0) is 48.6 Å². The highest BCUT2D eigenvalue weighted by Crippen LogP contribution is 2.17. The summed E-state index contributed by atoms with van der Waals surface area (Å²) in [6.07, 6.45) is 0. The molecule has 0 aliphatic rings. The van der Waals surface area contributed by atoms with Gasteiger partial charge >= 0.3 is 0 Å². The van der Waals surface area contributed by atoms with E-state index in [1.165, 1.54) is 31.4 Å². The van der Waals surface area contributed by atoms with Gasteiger partial charge in [0.05, 0.1) is 12.7 Å². The number of hydrogen-bond acceptors (Lipinski definition) is 3. The highest BCUT2D eigenvalue weighted by molar-refractivity contribution is 7.80. The van der Waals surface area contributed by atoms with Crippen molar-refractivity contribution in [1.82, 2.24) is 5.32 Å². The number of benzene rings is 2. The molecule has 0 heterocycles. The molecule has 0 saturated heterocycles. The van der Waals surface area contributed by atoms with Gasteiger partial charge in [0.25, 0.3) is 5.91 Å². The van der Waals surface area contributed by atoms with Crippen LogP contribution in [0.1, 0.15) is 10.4 Å². The summed E-state index contributed by atoms with van der Waals surface area (Å²) in [5, 5.41) is 5.46. The van der Waals surface area contributed by atoms with E-state index in [0.717, 1.165) is 0 Å². The molecular formula is C15H13FN2O2S. The van der Waals surface area contributed by atoms with Crippen molar-refractivity contribution >= 4 is 28.9 Å². The topological polar surface area (TPSA) is 50.4 Å². The number of rotatable bonds is 3. The van der Waals surface area contributed by atoms with E-state index >= 15 is 0 Å². The third-order valence-electron chi connectivity index (χ3n) is 2.68. The molecule has 2 rings (SSSR count). The molecule has 0 aliphatic heterocycles. The number of halogens is 1. The Balaban J connectivity index is 2.02. The highest BCUT2D eigenvalue weighted by atomic mass is 32.1. The molecule has 0 aliphatic carbocycles. The van der Waals surface area contributed by atoms with E-state index in [2.05, 4.69) is 10.6 Å². The zero-order valence-electron chi connectivity index (χ0n) is 11.2. The second-order valence-corrected chi connectivity index (χ2v) is 4.52. The van der Waals surface area contributed by atoms with Crippen molar-refractivity contribution in [3.63, 3.8) is 0 Å². The number of nitrogens with one attached hydrogen (secondary N) is 2. The lowest BCUT2D eigenvalue weighted by Crippen LogP contribution is -2.34. The summed E-state index contributed by atoms with van der Waals surface area (Å²) in [7, 11) is 1.49. The number of para-hydroxylation sites is 1. The zero-order valence-corrected chi connectivity index (χ0v) is 12.0. The highest BCUT2D eigenvalue weighted by Gasteiger charge is 2.12. The first-order chi connectivity index (χ1) is 10.1. The minimum Gasteiger partial charge on any atom is -0.496 e. The van der Waals surface area contributed by atoms with Gasteiger partial charge in [-0.25, -0.2) is 4.39 Å². The minimum atomic E-state index is -0.382. The lowest BCUT2D eigenvalue weighted by Gasteiger charge is -2.11. The molecule has 108 valence electrons. The molecule has 2 aromatic rings. The Labute approximate surface area is 126 Å². The van der Waals surface area contributed by atoms with Gasteiger partial charge in [0.15, 0.2) is 5.11 Å². The Bertz CT molecular complexity index is 659. The van der Waals surface area contributed by atoms with E-state index in [1.54, 1.807) is 24.3 Å². The minimum absolute atomic E-state index is 0.123. The van der Waals surface area contributed by atoms with Crippen molar-refractivity contribution in [3.05, 3.63) is 59.9 Å². The van der Waals surface area contributed by atoms with Crippen LogP contribution in [0.2, 0.25) is 0 Å².